The zero-order valence-electron chi connectivity index (χ0n) is 12.5. The van der Waals surface area contributed by atoms with Crippen LogP contribution in [0.4, 0.5) is 0 Å². The zero-order chi connectivity index (χ0) is 16.2. The molecule has 1 aromatic rings. The molecule has 22 heavy (non-hydrogen) atoms. The number of amides is 1. The first-order chi connectivity index (χ1) is 10.5. The number of carboxylic acid groups (broad SMARTS) is 1. The van der Waals surface area contributed by atoms with Gasteiger partial charge in [-0.3, -0.25) is 9.59 Å². The molecule has 2 rings (SSSR count). The Kier molecular flexibility index (Phi) is 5.58. The molecule has 1 amide bonds. The Morgan fingerprint density at radius 3 is 2.64 bits per heavy atom. The summed E-state index contributed by atoms with van der Waals surface area (Å²) in [5.41, 5.74) is -0.0611. The molecular weight excluding hydrogens is 350 g/mol. The number of carbonyl (C=O) groups excluding carboxylic acids is 1. The Labute approximate surface area is 138 Å². The van der Waals surface area contributed by atoms with Gasteiger partial charge in [0.1, 0.15) is 5.41 Å². The Morgan fingerprint density at radius 1 is 1.36 bits per heavy atom. The van der Waals surface area contributed by atoms with Gasteiger partial charge in [0.15, 0.2) is 0 Å². The van der Waals surface area contributed by atoms with E-state index in [4.69, 9.17) is 4.74 Å². The number of hydrogen-bond acceptors (Lipinski definition) is 3. The molecule has 1 fully saturated rings. The highest BCUT2D eigenvalue weighted by Crippen LogP contribution is 2.31. The van der Waals surface area contributed by atoms with Gasteiger partial charge in [0.25, 0.3) is 0 Å². The van der Waals surface area contributed by atoms with Crippen LogP contribution in [0.15, 0.2) is 28.7 Å². The van der Waals surface area contributed by atoms with E-state index in [1.54, 1.807) is 4.90 Å². The molecule has 5 nitrogen and oxygen atoms in total. The van der Waals surface area contributed by atoms with Gasteiger partial charge in [0.2, 0.25) is 5.91 Å². The monoisotopic (exact) mass is 369 g/mol. The molecule has 1 saturated heterocycles. The molecule has 0 aromatic heterocycles. The molecule has 0 saturated carbocycles. The number of benzene rings is 1. The van der Waals surface area contributed by atoms with Gasteiger partial charge < -0.3 is 14.7 Å². The first-order valence-corrected chi connectivity index (χ1v) is 8.01. The van der Waals surface area contributed by atoms with E-state index < -0.39 is 11.4 Å². The van der Waals surface area contributed by atoms with Gasteiger partial charge in [-0.15, -0.1) is 0 Å². The van der Waals surface area contributed by atoms with Crippen molar-refractivity contribution in [1.29, 1.82) is 0 Å². The summed E-state index contributed by atoms with van der Waals surface area (Å²) in [6, 6.07) is 7.58. The number of likely N-dealkylation sites (tertiary alicyclic amines) is 1. The fraction of sp³-hybridized carbons (Fsp3) is 0.500. The summed E-state index contributed by atoms with van der Waals surface area (Å²) in [5.74, 6) is -0.931. The van der Waals surface area contributed by atoms with Crippen LogP contribution < -0.4 is 0 Å². The predicted octanol–water partition coefficient (Wildman–Crippen LogP) is 2.33. The fourth-order valence-electron chi connectivity index (χ4n) is 2.86. The topological polar surface area (TPSA) is 66.8 Å². The van der Waals surface area contributed by atoms with Crippen LogP contribution in [-0.4, -0.2) is 48.7 Å². The van der Waals surface area contributed by atoms with Crippen molar-refractivity contribution in [1.82, 2.24) is 4.90 Å². The van der Waals surface area contributed by atoms with E-state index in [2.05, 4.69) is 15.9 Å². The third-order valence-electron chi connectivity index (χ3n) is 4.07. The maximum absolute atomic E-state index is 12.4. The summed E-state index contributed by atoms with van der Waals surface area (Å²) in [6.07, 6.45) is 1.51. The Balaban J connectivity index is 2.06. The minimum atomic E-state index is -0.984. The van der Waals surface area contributed by atoms with Crippen LogP contribution in [-0.2, 0) is 20.7 Å². The molecule has 1 unspecified atom stereocenters. The third-order valence-corrected chi connectivity index (χ3v) is 4.60. The SMILES string of the molecule is COCC1(C(=O)O)CCCN(C(=O)Cc2ccc(Br)cc2)C1. The molecule has 1 aromatic carbocycles. The Hall–Kier alpha value is -1.40. The van der Waals surface area contributed by atoms with E-state index in [1.165, 1.54) is 7.11 Å². The van der Waals surface area contributed by atoms with Crippen molar-refractivity contribution in [3.63, 3.8) is 0 Å². The van der Waals surface area contributed by atoms with E-state index in [0.29, 0.717) is 19.4 Å². The van der Waals surface area contributed by atoms with Gasteiger partial charge in [-0.1, -0.05) is 28.1 Å². The van der Waals surface area contributed by atoms with Crippen LogP contribution in [0.3, 0.4) is 0 Å². The van der Waals surface area contributed by atoms with Gasteiger partial charge >= 0.3 is 5.97 Å². The Bertz CT molecular complexity index is 542. The number of methoxy groups -OCH3 is 1. The lowest BCUT2D eigenvalue weighted by Crippen LogP contribution is -2.52. The maximum Gasteiger partial charge on any atom is 0.313 e. The number of piperidine rings is 1. The van der Waals surface area contributed by atoms with Crippen molar-refractivity contribution in [2.45, 2.75) is 19.3 Å². The van der Waals surface area contributed by atoms with Crippen LogP contribution in [0.5, 0.6) is 0 Å². The van der Waals surface area contributed by atoms with Crippen LogP contribution in [0.25, 0.3) is 0 Å². The molecule has 6 heteroatoms. The van der Waals surface area contributed by atoms with Gasteiger partial charge in [0.05, 0.1) is 13.0 Å². The largest absolute Gasteiger partial charge is 0.481 e. The number of carboxylic acids is 1. The van der Waals surface area contributed by atoms with E-state index in [9.17, 15) is 14.7 Å². The highest BCUT2D eigenvalue weighted by Gasteiger charge is 2.43. The van der Waals surface area contributed by atoms with E-state index >= 15 is 0 Å². The summed E-state index contributed by atoms with van der Waals surface area (Å²) >= 11 is 3.36. The van der Waals surface area contributed by atoms with Crippen LogP contribution in [0.2, 0.25) is 0 Å². The summed E-state index contributed by atoms with van der Waals surface area (Å²) in [5, 5.41) is 9.52. The van der Waals surface area contributed by atoms with Crippen LogP contribution >= 0.6 is 15.9 Å². The second-order valence-corrected chi connectivity index (χ2v) is 6.66. The van der Waals surface area contributed by atoms with E-state index in [0.717, 1.165) is 10.0 Å². The maximum atomic E-state index is 12.4. The van der Waals surface area contributed by atoms with Crippen molar-refractivity contribution in [3.05, 3.63) is 34.3 Å². The molecule has 0 radical (unpaired) electrons. The first-order valence-electron chi connectivity index (χ1n) is 7.21. The molecule has 1 aliphatic heterocycles. The quantitative estimate of drug-likeness (QED) is 0.864. The smallest absolute Gasteiger partial charge is 0.313 e. The van der Waals surface area contributed by atoms with Gasteiger partial charge in [-0.05, 0) is 30.5 Å². The van der Waals surface area contributed by atoms with Crippen molar-refractivity contribution in [2.24, 2.45) is 5.41 Å². The average molecular weight is 370 g/mol. The number of aliphatic carboxylic acids is 1. The second kappa shape index (κ2) is 7.24. The third kappa shape index (κ3) is 3.87. The number of carbonyl (C=O) groups is 2. The average Bonchev–Trinajstić information content (AvgIpc) is 2.50. The van der Waals surface area contributed by atoms with Crippen molar-refractivity contribution >= 4 is 27.8 Å². The number of rotatable bonds is 5. The van der Waals surface area contributed by atoms with Crippen LogP contribution in [0, 0.1) is 5.41 Å². The summed E-state index contributed by atoms with van der Waals surface area (Å²) in [4.78, 5) is 25.7. The molecular formula is C16H20BrNO4. The lowest BCUT2D eigenvalue weighted by Gasteiger charge is -2.39. The predicted molar refractivity (Wildman–Crippen MR) is 85.6 cm³/mol. The van der Waals surface area contributed by atoms with E-state index in [1.807, 2.05) is 24.3 Å². The zero-order valence-corrected chi connectivity index (χ0v) is 14.1. The molecule has 1 aliphatic rings. The van der Waals surface area contributed by atoms with Crippen molar-refractivity contribution in [3.8, 4) is 0 Å². The fourth-order valence-corrected chi connectivity index (χ4v) is 3.13. The lowest BCUT2D eigenvalue weighted by atomic mass is 9.80. The lowest BCUT2D eigenvalue weighted by molar-refractivity contribution is -0.159. The first kappa shape index (κ1) is 17.0. The van der Waals surface area contributed by atoms with E-state index in [-0.39, 0.29) is 25.5 Å². The molecule has 0 spiro atoms. The second-order valence-electron chi connectivity index (χ2n) is 5.74. The number of ether oxygens (including phenoxy) is 1. The summed E-state index contributed by atoms with van der Waals surface area (Å²) in [7, 11) is 1.49. The molecule has 120 valence electrons. The molecule has 0 bridgehead atoms. The Morgan fingerprint density at radius 2 is 2.05 bits per heavy atom. The summed E-state index contributed by atoms with van der Waals surface area (Å²) in [6.45, 7) is 0.948. The molecule has 1 N–H and O–H groups in total. The van der Waals surface area contributed by atoms with Gasteiger partial charge in [0, 0.05) is 24.7 Å². The highest BCUT2D eigenvalue weighted by molar-refractivity contribution is 9.10. The van der Waals surface area contributed by atoms with Crippen molar-refractivity contribution < 1.29 is 19.4 Å². The minimum absolute atomic E-state index is 0.0382. The van der Waals surface area contributed by atoms with Crippen molar-refractivity contribution in [2.75, 3.05) is 26.8 Å². The molecule has 0 aliphatic carbocycles. The van der Waals surface area contributed by atoms with Gasteiger partial charge in [-0.25, -0.2) is 0 Å². The highest BCUT2D eigenvalue weighted by atomic mass is 79.9. The normalized spacial score (nSPS) is 21.6. The van der Waals surface area contributed by atoms with Crippen LogP contribution in [0.1, 0.15) is 18.4 Å². The standard InChI is InChI=1S/C16H20BrNO4/c1-22-11-16(15(20)21)7-2-8-18(10-16)14(19)9-12-3-5-13(17)6-4-12/h3-6H,2,7-11H2,1H3,(H,20,21). The molecule has 1 heterocycles. The number of hydrogen-bond donors (Lipinski definition) is 1. The summed E-state index contributed by atoms with van der Waals surface area (Å²) < 4.78 is 6.05. The minimum Gasteiger partial charge on any atom is -0.481 e. The van der Waals surface area contributed by atoms with Gasteiger partial charge in [-0.2, -0.15) is 0 Å². The molecule has 1 atom stereocenters. The number of halogens is 1. The number of nitrogens with zero attached hydrogens (tertiary/aromatic N) is 1.